The SMILES string of the molecule is CCCCCCCCCCCCCCCCCCCCCCC(=O)OCC(COC(=O)CCCCCCC)OC(=O)CCCCCCCCCCCCCCCCCC. The molecule has 6 heteroatoms. The summed E-state index contributed by atoms with van der Waals surface area (Å²) in [7, 11) is 0. The molecule has 0 rings (SSSR count). The lowest BCUT2D eigenvalue weighted by Crippen LogP contribution is -2.30. The van der Waals surface area contributed by atoms with E-state index in [-0.39, 0.29) is 31.1 Å². The van der Waals surface area contributed by atoms with Crippen molar-refractivity contribution >= 4 is 17.9 Å². The third-order valence-electron chi connectivity index (χ3n) is 12.1. The Morgan fingerprint density at radius 3 is 0.678 bits per heavy atom. The third-order valence-corrected chi connectivity index (χ3v) is 12.1. The first-order chi connectivity index (χ1) is 29.0. The van der Waals surface area contributed by atoms with Gasteiger partial charge in [0, 0.05) is 19.3 Å². The molecule has 59 heavy (non-hydrogen) atoms. The van der Waals surface area contributed by atoms with Crippen molar-refractivity contribution in [3.05, 3.63) is 0 Å². The summed E-state index contributed by atoms with van der Waals surface area (Å²) in [5.74, 6) is -0.856. The van der Waals surface area contributed by atoms with E-state index in [4.69, 9.17) is 14.2 Å². The van der Waals surface area contributed by atoms with Crippen LogP contribution in [0, 0.1) is 0 Å². The van der Waals surface area contributed by atoms with Crippen LogP contribution in [0.1, 0.15) is 303 Å². The predicted octanol–water partition coefficient (Wildman–Crippen LogP) is 17.2. The van der Waals surface area contributed by atoms with Gasteiger partial charge in [0.05, 0.1) is 0 Å². The van der Waals surface area contributed by atoms with E-state index in [0.717, 1.165) is 64.2 Å². The summed E-state index contributed by atoms with van der Waals surface area (Å²) < 4.78 is 16.7. The number of esters is 3. The monoisotopic (exact) mass is 835 g/mol. The Labute approximate surface area is 368 Å². The second-order valence-corrected chi connectivity index (χ2v) is 18.2. The summed E-state index contributed by atoms with van der Waals surface area (Å²) in [4.78, 5) is 37.7. The van der Waals surface area contributed by atoms with Gasteiger partial charge in [-0.1, -0.05) is 265 Å². The highest BCUT2D eigenvalue weighted by molar-refractivity contribution is 5.71. The highest BCUT2D eigenvalue weighted by atomic mass is 16.6. The first kappa shape index (κ1) is 57.4. The normalized spacial score (nSPS) is 11.8. The fourth-order valence-corrected chi connectivity index (χ4v) is 8.09. The Morgan fingerprint density at radius 2 is 0.458 bits per heavy atom. The molecule has 0 saturated carbocycles. The van der Waals surface area contributed by atoms with E-state index in [1.807, 2.05) is 0 Å². The summed E-state index contributed by atoms with van der Waals surface area (Å²) in [6.45, 7) is 6.61. The molecule has 0 aromatic heterocycles. The molecule has 0 aliphatic heterocycles. The van der Waals surface area contributed by atoms with Crippen LogP contribution in [0.5, 0.6) is 0 Å². The Morgan fingerprint density at radius 1 is 0.271 bits per heavy atom. The van der Waals surface area contributed by atoms with Crippen LogP contribution in [0.3, 0.4) is 0 Å². The van der Waals surface area contributed by atoms with E-state index in [1.54, 1.807) is 0 Å². The first-order valence-corrected chi connectivity index (χ1v) is 26.5. The van der Waals surface area contributed by atoms with Crippen molar-refractivity contribution in [2.75, 3.05) is 13.2 Å². The first-order valence-electron chi connectivity index (χ1n) is 26.5. The molecule has 0 N–H and O–H groups in total. The van der Waals surface area contributed by atoms with Crippen molar-refractivity contribution in [3.8, 4) is 0 Å². The lowest BCUT2D eigenvalue weighted by Gasteiger charge is -2.18. The van der Waals surface area contributed by atoms with Gasteiger partial charge in [-0.2, -0.15) is 0 Å². The molecule has 6 nitrogen and oxygen atoms in total. The van der Waals surface area contributed by atoms with Gasteiger partial charge in [0.15, 0.2) is 6.10 Å². The summed E-state index contributed by atoms with van der Waals surface area (Å²) in [6.07, 6.45) is 52.7. The smallest absolute Gasteiger partial charge is 0.306 e. The average molecular weight is 835 g/mol. The number of carbonyl (C=O) groups is 3. The molecule has 0 saturated heterocycles. The van der Waals surface area contributed by atoms with Gasteiger partial charge in [0.2, 0.25) is 0 Å². The van der Waals surface area contributed by atoms with Crippen molar-refractivity contribution in [1.82, 2.24) is 0 Å². The van der Waals surface area contributed by atoms with Crippen LogP contribution in [0.2, 0.25) is 0 Å². The lowest BCUT2D eigenvalue weighted by molar-refractivity contribution is -0.167. The Bertz CT molecular complexity index is 874. The Hall–Kier alpha value is -1.59. The van der Waals surface area contributed by atoms with Crippen LogP contribution >= 0.6 is 0 Å². The van der Waals surface area contributed by atoms with Crippen molar-refractivity contribution in [2.45, 2.75) is 309 Å². The van der Waals surface area contributed by atoms with E-state index in [0.29, 0.717) is 19.3 Å². The van der Waals surface area contributed by atoms with E-state index in [1.165, 1.54) is 199 Å². The molecule has 0 bridgehead atoms. The molecule has 1 atom stereocenters. The van der Waals surface area contributed by atoms with Crippen LogP contribution in [0.15, 0.2) is 0 Å². The van der Waals surface area contributed by atoms with Gasteiger partial charge in [0.25, 0.3) is 0 Å². The maximum absolute atomic E-state index is 12.7. The van der Waals surface area contributed by atoms with E-state index in [9.17, 15) is 14.4 Å². The summed E-state index contributed by atoms with van der Waals surface area (Å²) in [5.41, 5.74) is 0. The number of hydrogen-bond acceptors (Lipinski definition) is 6. The number of ether oxygens (including phenoxy) is 3. The highest BCUT2D eigenvalue weighted by Gasteiger charge is 2.19. The summed E-state index contributed by atoms with van der Waals surface area (Å²) >= 11 is 0. The van der Waals surface area contributed by atoms with Crippen LogP contribution < -0.4 is 0 Å². The fraction of sp³-hybridized carbons (Fsp3) is 0.943. The van der Waals surface area contributed by atoms with Crippen molar-refractivity contribution < 1.29 is 28.6 Å². The quantitative estimate of drug-likeness (QED) is 0.0345. The molecular formula is C53H102O6. The molecule has 0 aromatic rings. The molecule has 350 valence electrons. The number of carbonyl (C=O) groups excluding carboxylic acids is 3. The third kappa shape index (κ3) is 47.3. The maximum Gasteiger partial charge on any atom is 0.306 e. The molecule has 0 aliphatic carbocycles. The highest BCUT2D eigenvalue weighted by Crippen LogP contribution is 2.17. The Kier molecular flexibility index (Phi) is 47.7. The molecule has 0 amide bonds. The van der Waals surface area contributed by atoms with Gasteiger partial charge in [-0.15, -0.1) is 0 Å². The molecule has 0 aromatic carbocycles. The minimum absolute atomic E-state index is 0.0630. The van der Waals surface area contributed by atoms with E-state index >= 15 is 0 Å². The van der Waals surface area contributed by atoms with E-state index < -0.39 is 6.10 Å². The van der Waals surface area contributed by atoms with Crippen LogP contribution in [-0.2, 0) is 28.6 Å². The average Bonchev–Trinajstić information content (AvgIpc) is 3.23. The maximum atomic E-state index is 12.7. The second-order valence-electron chi connectivity index (χ2n) is 18.2. The predicted molar refractivity (Wildman–Crippen MR) is 252 cm³/mol. The molecule has 0 aliphatic rings. The van der Waals surface area contributed by atoms with Gasteiger partial charge in [-0.05, 0) is 19.3 Å². The fourth-order valence-electron chi connectivity index (χ4n) is 8.09. The zero-order chi connectivity index (χ0) is 43.0. The number of hydrogen-bond donors (Lipinski definition) is 0. The van der Waals surface area contributed by atoms with Crippen molar-refractivity contribution in [3.63, 3.8) is 0 Å². The van der Waals surface area contributed by atoms with Gasteiger partial charge >= 0.3 is 17.9 Å². The molecule has 0 heterocycles. The second kappa shape index (κ2) is 49.1. The molecule has 0 radical (unpaired) electrons. The molecule has 0 spiro atoms. The number of rotatable bonds is 49. The largest absolute Gasteiger partial charge is 0.462 e. The molecule has 0 fully saturated rings. The van der Waals surface area contributed by atoms with Gasteiger partial charge in [-0.3, -0.25) is 14.4 Å². The lowest BCUT2D eigenvalue weighted by atomic mass is 10.0. The number of unbranched alkanes of at least 4 members (excludes halogenated alkanes) is 38. The minimum atomic E-state index is -0.758. The van der Waals surface area contributed by atoms with E-state index in [2.05, 4.69) is 20.8 Å². The zero-order valence-electron chi connectivity index (χ0n) is 40.1. The minimum Gasteiger partial charge on any atom is -0.462 e. The van der Waals surface area contributed by atoms with Gasteiger partial charge in [0.1, 0.15) is 13.2 Å². The topological polar surface area (TPSA) is 78.9 Å². The molecular weight excluding hydrogens is 733 g/mol. The van der Waals surface area contributed by atoms with Crippen LogP contribution in [0.4, 0.5) is 0 Å². The van der Waals surface area contributed by atoms with Gasteiger partial charge in [-0.25, -0.2) is 0 Å². The van der Waals surface area contributed by atoms with Crippen LogP contribution in [-0.4, -0.2) is 37.2 Å². The van der Waals surface area contributed by atoms with Crippen molar-refractivity contribution in [1.29, 1.82) is 0 Å². The van der Waals surface area contributed by atoms with Crippen LogP contribution in [0.25, 0.3) is 0 Å². The Balaban J connectivity index is 4.06. The van der Waals surface area contributed by atoms with Gasteiger partial charge < -0.3 is 14.2 Å². The zero-order valence-corrected chi connectivity index (χ0v) is 40.1. The molecule has 1 unspecified atom stereocenters. The standard InChI is InChI=1S/C53H102O6/c1-4-7-10-13-15-17-19-21-23-25-26-27-28-30-31-33-35-37-40-43-46-52(55)58-49-50(48-57-51(54)45-42-39-12-9-6-3)59-53(56)47-44-41-38-36-34-32-29-24-22-20-18-16-14-11-8-5-2/h50H,4-49H2,1-3H3. The summed E-state index contributed by atoms with van der Waals surface area (Å²) in [6, 6.07) is 0. The summed E-state index contributed by atoms with van der Waals surface area (Å²) in [5, 5.41) is 0. The van der Waals surface area contributed by atoms with Crippen molar-refractivity contribution in [2.24, 2.45) is 0 Å².